The fourth-order valence-electron chi connectivity index (χ4n) is 2.72. The summed E-state index contributed by atoms with van der Waals surface area (Å²) in [5.41, 5.74) is 2.79. The van der Waals surface area contributed by atoms with Gasteiger partial charge < -0.3 is 15.5 Å². The molecule has 1 aliphatic rings. The van der Waals surface area contributed by atoms with Gasteiger partial charge in [-0.2, -0.15) is 0 Å². The lowest BCUT2D eigenvalue weighted by Crippen LogP contribution is -2.44. The molecule has 0 radical (unpaired) electrons. The van der Waals surface area contributed by atoms with E-state index in [4.69, 9.17) is 0 Å². The zero-order valence-corrected chi connectivity index (χ0v) is 14.3. The van der Waals surface area contributed by atoms with Gasteiger partial charge in [0.05, 0.1) is 6.54 Å². The molecule has 1 aliphatic heterocycles. The van der Waals surface area contributed by atoms with Gasteiger partial charge in [-0.3, -0.25) is 9.79 Å². The molecule has 0 aromatic heterocycles. The van der Waals surface area contributed by atoms with Crippen LogP contribution in [0.3, 0.4) is 0 Å². The second-order valence-corrected chi connectivity index (χ2v) is 5.78. The SMILES string of the molecule is CCCNC(=O)CCN=C(NCC)N1CCc2ccccc2C1. The van der Waals surface area contributed by atoms with Crippen LogP contribution in [0.1, 0.15) is 37.8 Å². The standard InChI is InChI=1S/C18H28N4O/c1-3-11-20-17(23)9-12-21-18(19-4-2)22-13-10-15-7-5-6-8-16(15)14-22/h5-8H,3-4,9-14H2,1-2H3,(H,19,21)(H,20,23). The van der Waals surface area contributed by atoms with Gasteiger partial charge in [0, 0.05) is 32.6 Å². The summed E-state index contributed by atoms with van der Waals surface area (Å²) < 4.78 is 0. The Morgan fingerprint density at radius 1 is 1.22 bits per heavy atom. The van der Waals surface area contributed by atoms with E-state index in [1.54, 1.807) is 0 Å². The van der Waals surface area contributed by atoms with E-state index < -0.39 is 0 Å². The number of fused-ring (bicyclic) bond motifs is 1. The fraction of sp³-hybridized carbons (Fsp3) is 0.556. The molecular weight excluding hydrogens is 288 g/mol. The molecule has 2 N–H and O–H groups in total. The number of carbonyl (C=O) groups excluding carboxylic acids is 1. The van der Waals surface area contributed by atoms with Crippen molar-refractivity contribution in [2.75, 3.05) is 26.2 Å². The highest BCUT2D eigenvalue weighted by Crippen LogP contribution is 2.18. The minimum absolute atomic E-state index is 0.0791. The topological polar surface area (TPSA) is 56.7 Å². The Kier molecular flexibility index (Phi) is 6.91. The third-order valence-corrected chi connectivity index (χ3v) is 3.94. The molecule has 0 atom stereocenters. The number of hydrogen-bond acceptors (Lipinski definition) is 2. The first-order valence-electron chi connectivity index (χ1n) is 8.61. The summed E-state index contributed by atoms with van der Waals surface area (Å²) in [4.78, 5) is 18.6. The van der Waals surface area contributed by atoms with E-state index in [1.807, 2.05) is 0 Å². The first-order valence-corrected chi connectivity index (χ1v) is 8.61. The molecule has 0 saturated carbocycles. The van der Waals surface area contributed by atoms with Crippen LogP contribution in [0, 0.1) is 0 Å². The van der Waals surface area contributed by atoms with Gasteiger partial charge in [-0.15, -0.1) is 0 Å². The molecule has 23 heavy (non-hydrogen) atoms. The molecule has 1 aromatic carbocycles. The van der Waals surface area contributed by atoms with Gasteiger partial charge in [0.15, 0.2) is 5.96 Å². The van der Waals surface area contributed by atoms with Crippen molar-refractivity contribution in [3.63, 3.8) is 0 Å². The van der Waals surface area contributed by atoms with E-state index in [2.05, 4.69) is 58.6 Å². The van der Waals surface area contributed by atoms with Crippen LogP contribution in [-0.2, 0) is 17.8 Å². The van der Waals surface area contributed by atoms with Crippen molar-refractivity contribution >= 4 is 11.9 Å². The van der Waals surface area contributed by atoms with E-state index in [9.17, 15) is 4.79 Å². The van der Waals surface area contributed by atoms with Crippen molar-refractivity contribution in [1.29, 1.82) is 0 Å². The lowest BCUT2D eigenvalue weighted by molar-refractivity contribution is -0.120. The molecule has 0 spiro atoms. The van der Waals surface area contributed by atoms with E-state index in [-0.39, 0.29) is 5.91 Å². The van der Waals surface area contributed by atoms with Crippen LogP contribution in [0.4, 0.5) is 0 Å². The Bertz CT molecular complexity index is 542. The summed E-state index contributed by atoms with van der Waals surface area (Å²) in [7, 11) is 0. The van der Waals surface area contributed by atoms with Crippen molar-refractivity contribution in [2.45, 2.75) is 39.7 Å². The largest absolute Gasteiger partial charge is 0.357 e. The Hall–Kier alpha value is -2.04. The number of aliphatic imine (C=N–C) groups is 1. The van der Waals surface area contributed by atoms with Crippen LogP contribution < -0.4 is 10.6 Å². The maximum atomic E-state index is 11.7. The van der Waals surface area contributed by atoms with E-state index in [1.165, 1.54) is 11.1 Å². The third kappa shape index (κ3) is 5.27. The van der Waals surface area contributed by atoms with Gasteiger partial charge in [0.1, 0.15) is 0 Å². The van der Waals surface area contributed by atoms with E-state index in [0.29, 0.717) is 13.0 Å². The number of nitrogens with one attached hydrogen (secondary N) is 2. The lowest BCUT2D eigenvalue weighted by atomic mass is 10.0. The molecular formula is C18H28N4O. The number of benzene rings is 1. The van der Waals surface area contributed by atoms with E-state index >= 15 is 0 Å². The monoisotopic (exact) mass is 316 g/mol. The summed E-state index contributed by atoms with van der Waals surface area (Å²) in [5, 5.41) is 6.23. The highest BCUT2D eigenvalue weighted by atomic mass is 16.1. The zero-order chi connectivity index (χ0) is 16.5. The molecule has 5 nitrogen and oxygen atoms in total. The predicted octanol–water partition coefficient (Wildman–Crippen LogP) is 1.93. The molecule has 2 rings (SSSR count). The second-order valence-electron chi connectivity index (χ2n) is 5.78. The number of amides is 1. The predicted molar refractivity (Wildman–Crippen MR) is 94.5 cm³/mol. The molecule has 0 aliphatic carbocycles. The minimum Gasteiger partial charge on any atom is -0.357 e. The molecule has 126 valence electrons. The Morgan fingerprint density at radius 3 is 2.74 bits per heavy atom. The average molecular weight is 316 g/mol. The van der Waals surface area contributed by atoms with E-state index in [0.717, 1.165) is 45.0 Å². The first-order chi connectivity index (χ1) is 11.2. The van der Waals surface area contributed by atoms with Crippen molar-refractivity contribution < 1.29 is 4.79 Å². The molecule has 1 heterocycles. The normalized spacial score (nSPS) is 14.3. The highest BCUT2D eigenvalue weighted by Gasteiger charge is 2.18. The van der Waals surface area contributed by atoms with Crippen molar-refractivity contribution in [2.24, 2.45) is 4.99 Å². The molecule has 0 fully saturated rings. The summed E-state index contributed by atoms with van der Waals surface area (Å²) in [5.74, 6) is 0.987. The maximum absolute atomic E-state index is 11.7. The van der Waals surface area contributed by atoms with Crippen LogP contribution in [0.25, 0.3) is 0 Å². The van der Waals surface area contributed by atoms with Gasteiger partial charge in [-0.05, 0) is 30.9 Å². The van der Waals surface area contributed by atoms with Crippen molar-refractivity contribution in [3.8, 4) is 0 Å². The van der Waals surface area contributed by atoms with Crippen LogP contribution in [-0.4, -0.2) is 42.9 Å². The molecule has 1 amide bonds. The Morgan fingerprint density at radius 2 is 2.00 bits per heavy atom. The number of guanidine groups is 1. The summed E-state index contributed by atoms with van der Waals surface area (Å²) in [6.45, 7) is 8.06. The molecule has 0 unspecified atom stereocenters. The average Bonchev–Trinajstić information content (AvgIpc) is 2.58. The molecule has 5 heteroatoms. The fourth-order valence-corrected chi connectivity index (χ4v) is 2.72. The van der Waals surface area contributed by atoms with Gasteiger partial charge in [0.25, 0.3) is 0 Å². The Balaban J connectivity index is 1.93. The number of hydrogen-bond donors (Lipinski definition) is 2. The number of nitrogens with zero attached hydrogens (tertiary/aromatic N) is 2. The van der Waals surface area contributed by atoms with Crippen LogP contribution in [0.15, 0.2) is 29.3 Å². The van der Waals surface area contributed by atoms with Crippen molar-refractivity contribution in [3.05, 3.63) is 35.4 Å². The number of rotatable bonds is 6. The lowest BCUT2D eigenvalue weighted by Gasteiger charge is -2.31. The summed E-state index contributed by atoms with van der Waals surface area (Å²) in [6, 6.07) is 8.57. The van der Waals surface area contributed by atoms with Gasteiger partial charge in [-0.25, -0.2) is 0 Å². The molecule has 0 saturated heterocycles. The summed E-state index contributed by atoms with van der Waals surface area (Å²) in [6.07, 6.45) is 2.45. The van der Waals surface area contributed by atoms with Crippen LogP contribution >= 0.6 is 0 Å². The second kappa shape index (κ2) is 9.18. The Labute approximate surface area is 139 Å². The zero-order valence-electron chi connectivity index (χ0n) is 14.3. The molecule has 0 bridgehead atoms. The smallest absolute Gasteiger partial charge is 0.221 e. The van der Waals surface area contributed by atoms with Gasteiger partial charge in [0.2, 0.25) is 5.91 Å². The third-order valence-electron chi connectivity index (χ3n) is 3.94. The first kappa shape index (κ1) is 17.3. The highest BCUT2D eigenvalue weighted by molar-refractivity contribution is 5.81. The van der Waals surface area contributed by atoms with Crippen molar-refractivity contribution in [1.82, 2.24) is 15.5 Å². The summed E-state index contributed by atoms with van der Waals surface area (Å²) >= 11 is 0. The van der Waals surface area contributed by atoms with Crippen LogP contribution in [0.5, 0.6) is 0 Å². The quantitative estimate of drug-likeness (QED) is 0.623. The van der Waals surface area contributed by atoms with Gasteiger partial charge in [-0.1, -0.05) is 31.2 Å². The van der Waals surface area contributed by atoms with Crippen LogP contribution in [0.2, 0.25) is 0 Å². The minimum atomic E-state index is 0.0791. The van der Waals surface area contributed by atoms with Gasteiger partial charge >= 0.3 is 0 Å². The molecule has 1 aromatic rings. The number of carbonyl (C=O) groups is 1. The maximum Gasteiger partial charge on any atom is 0.221 e.